The fraction of sp³-hybridized carbons (Fsp3) is 0.571. The molecule has 0 rings (SSSR count). The molecule has 0 atom stereocenters. The molecule has 0 fully saturated rings. The first-order valence-electron chi connectivity index (χ1n) is 5.99. The van der Waals surface area contributed by atoms with E-state index in [1.807, 2.05) is 19.1 Å². The van der Waals surface area contributed by atoms with Crippen LogP contribution < -0.4 is 0 Å². The van der Waals surface area contributed by atoms with Gasteiger partial charge in [-0.2, -0.15) is 0 Å². The van der Waals surface area contributed by atoms with Gasteiger partial charge in [0.25, 0.3) is 0 Å². The van der Waals surface area contributed by atoms with Gasteiger partial charge in [-0.05, 0) is 31.9 Å². The quantitative estimate of drug-likeness (QED) is 0.341. The maximum Gasteiger partial charge on any atom is 0.111 e. The molecular formula is C14H24O. The molecule has 0 radical (unpaired) electrons. The third-order valence-electron chi connectivity index (χ3n) is 2.28. The minimum Gasteiger partial charge on any atom is -0.508 e. The lowest BCUT2D eigenvalue weighted by molar-refractivity contribution is 0.431. The van der Waals surface area contributed by atoms with E-state index < -0.39 is 0 Å². The highest BCUT2D eigenvalue weighted by Crippen LogP contribution is 2.05. The maximum absolute atomic E-state index is 9.10. The highest BCUT2D eigenvalue weighted by molar-refractivity contribution is 5.15. The van der Waals surface area contributed by atoms with E-state index >= 15 is 0 Å². The minimum absolute atomic E-state index is 0.322. The van der Waals surface area contributed by atoms with E-state index in [4.69, 9.17) is 5.11 Å². The van der Waals surface area contributed by atoms with Crippen molar-refractivity contribution in [1.29, 1.82) is 0 Å². The van der Waals surface area contributed by atoms with Gasteiger partial charge in [0.2, 0.25) is 0 Å². The number of allylic oxidation sites excluding steroid dienone is 5. The van der Waals surface area contributed by atoms with E-state index in [2.05, 4.69) is 13.0 Å². The molecular weight excluding hydrogens is 184 g/mol. The van der Waals surface area contributed by atoms with Crippen LogP contribution in [0.4, 0.5) is 0 Å². The van der Waals surface area contributed by atoms with Crippen LogP contribution in [-0.2, 0) is 0 Å². The fourth-order valence-electron chi connectivity index (χ4n) is 1.29. The van der Waals surface area contributed by atoms with Crippen molar-refractivity contribution in [3.8, 4) is 0 Å². The Hall–Kier alpha value is -0.980. The zero-order valence-electron chi connectivity index (χ0n) is 10.1. The van der Waals surface area contributed by atoms with Gasteiger partial charge in [-0.25, -0.2) is 0 Å². The molecule has 0 aromatic carbocycles. The average molecular weight is 208 g/mol. The van der Waals surface area contributed by atoms with Crippen LogP contribution in [-0.4, -0.2) is 5.11 Å². The lowest BCUT2D eigenvalue weighted by atomic mass is 10.1. The van der Waals surface area contributed by atoms with Crippen LogP contribution >= 0.6 is 0 Å². The first kappa shape index (κ1) is 14.0. The topological polar surface area (TPSA) is 20.2 Å². The Labute approximate surface area is 94.2 Å². The van der Waals surface area contributed by atoms with Gasteiger partial charge in [0.05, 0.1) is 0 Å². The Balaban J connectivity index is 3.35. The van der Waals surface area contributed by atoms with Crippen molar-refractivity contribution in [2.45, 2.75) is 52.4 Å². The maximum atomic E-state index is 9.10. The Morgan fingerprint density at radius 2 is 1.80 bits per heavy atom. The van der Waals surface area contributed by atoms with E-state index in [1.165, 1.54) is 32.1 Å². The fourth-order valence-corrected chi connectivity index (χ4v) is 1.29. The van der Waals surface area contributed by atoms with Crippen molar-refractivity contribution in [2.75, 3.05) is 0 Å². The normalized spacial score (nSPS) is 13.1. The second kappa shape index (κ2) is 11.1. The predicted octanol–water partition coefficient (Wildman–Crippen LogP) is 4.92. The first-order chi connectivity index (χ1) is 7.31. The number of rotatable bonds is 8. The number of unbranched alkanes of at least 4 members (excludes halogenated alkanes) is 5. The van der Waals surface area contributed by atoms with Crippen molar-refractivity contribution in [1.82, 2.24) is 0 Å². The summed E-state index contributed by atoms with van der Waals surface area (Å²) in [4.78, 5) is 0. The van der Waals surface area contributed by atoms with Gasteiger partial charge in [0, 0.05) is 0 Å². The van der Waals surface area contributed by atoms with Gasteiger partial charge < -0.3 is 5.11 Å². The second-order valence-corrected chi connectivity index (χ2v) is 3.70. The van der Waals surface area contributed by atoms with Crippen molar-refractivity contribution < 1.29 is 5.11 Å². The van der Waals surface area contributed by atoms with E-state index in [0.29, 0.717) is 5.76 Å². The molecule has 0 unspecified atom stereocenters. The zero-order chi connectivity index (χ0) is 11.4. The number of aliphatic hydroxyl groups excluding tert-OH is 1. The summed E-state index contributed by atoms with van der Waals surface area (Å²) in [6.07, 6.45) is 17.2. The largest absolute Gasteiger partial charge is 0.508 e. The Kier molecular flexibility index (Phi) is 10.4. The molecule has 0 aliphatic rings. The molecule has 0 aromatic heterocycles. The van der Waals surface area contributed by atoms with E-state index in [1.54, 1.807) is 12.2 Å². The van der Waals surface area contributed by atoms with Crippen LogP contribution in [0, 0.1) is 0 Å². The van der Waals surface area contributed by atoms with Crippen molar-refractivity contribution in [2.24, 2.45) is 0 Å². The highest BCUT2D eigenvalue weighted by atomic mass is 16.3. The van der Waals surface area contributed by atoms with Crippen LogP contribution in [0.2, 0.25) is 0 Å². The van der Waals surface area contributed by atoms with Crippen LogP contribution in [0.15, 0.2) is 36.1 Å². The average Bonchev–Trinajstić information content (AvgIpc) is 2.26. The molecule has 0 saturated carbocycles. The van der Waals surface area contributed by atoms with Gasteiger partial charge in [0.15, 0.2) is 0 Å². The van der Waals surface area contributed by atoms with Crippen LogP contribution in [0.1, 0.15) is 52.4 Å². The number of hydrogen-bond donors (Lipinski definition) is 1. The van der Waals surface area contributed by atoms with Gasteiger partial charge in [0.1, 0.15) is 5.76 Å². The summed E-state index contributed by atoms with van der Waals surface area (Å²) in [5.74, 6) is 0.322. The SMILES string of the molecule is CC=C(O)C=CC=CCCCCCCC. The summed E-state index contributed by atoms with van der Waals surface area (Å²) in [6.45, 7) is 4.05. The standard InChI is InChI=1S/C14H24O/c1-3-5-6-7-8-9-10-11-12-13-14(15)4-2/h4,10-13,15H,3,5-9H2,1-2H3. The van der Waals surface area contributed by atoms with Crippen molar-refractivity contribution in [3.63, 3.8) is 0 Å². The molecule has 0 aliphatic heterocycles. The molecule has 0 saturated heterocycles. The molecule has 0 bridgehead atoms. The second-order valence-electron chi connectivity index (χ2n) is 3.70. The van der Waals surface area contributed by atoms with Crippen molar-refractivity contribution in [3.05, 3.63) is 36.1 Å². The van der Waals surface area contributed by atoms with E-state index in [-0.39, 0.29) is 0 Å². The van der Waals surface area contributed by atoms with E-state index in [0.717, 1.165) is 6.42 Å². The van der Waals surface area contributed by atoms with Crippen LogP contribution in [0.25, 0.3) is 0 Å². The minimum atomic E-state index is 0.322. The smallest absolute Gasteiger partial charge is 0.111 e. The van der Waals surface area contributed by atoms with Gasteiger partial charge >= 0.3 is 0 Å². The molecule has 1 nitrogen and oxygen atoms in total. The molecule has 0 heterocycles. The molecule has 0 spiro atoms. The van der Waals surface area contributed by atoms with Gasteiger partial charge in [-0.3, -0.25) is 0 Å². The van der Waals surface area contributed by atoms with Crippen LogP contribution in [0.3, 0.4) is 0 Å². The number of aliphatic hydroxyl groups is 1. The predicted molar refractivity (Wildman–Crippen MR) is 68.0 cm³/mol. The molecule has 0 aliphatic carbocycles. The van der Waals surface area contributed by atoms with Crippen molar-refractivity contribution >= 4 is 0 Å². The third kappa shape index (κ3) is 10.9. The monoisotopic (exact) mass is 208 g/mol. The lowest BCUT2D eigenvalue weighted by Crippen LogP contribution is -1.75. The molecule has 0 aromatic rings. The third-order valence-corrected chi connectivity index (χ3v) is 2.28. The summed E-state index contributed by atoms with van der Waals surface area (Å²) in [5.41, 5.74) is 0. The first-order valence-corrected chi connectivity index (χ1v) is 5.99. The summed E-state index contributed by atoms with van der Waals surface area (Å²) >= 11 is 0. The Morgan fingerprint density at radius 3 is 2.47 bits per heavy atom. The molecule has 86 valence electrons. The summed E-state index contributed by atoms with van der Waals surface area (Å²) < 4.78 is 0. The number of hydrogen-bond acceptors (Lipinski definition) is 1. The van der Waals surface area contributed by atoms with Gasteiger partial charge in [-0.15, -0.1) is 0 Å². The Morgan fingerprint density at radius 1 is 1.07 bits per heavy atom. The summed E-state index contributed by atoms with van der Waals surface area (Å²) in [5, 5.41) is 9.10. The summed E-state index contributed by atoms with van der Waals surface area (Å²) in [7, 11) is 0. The molecule has 15 heavy (non-hydrogen) atoms. The summed E-state index contributed by atoms with van der Waals surface area (Å²) in [6, 6.07) is 0. The Bertz CT molecular complexity index is 211. The molecule has 1 N–H and O–H groups in total. The van der Waals surface area contributed by atoms with Gasteiger partial charge in [-0.1, -0.05) is 50.8 Å². The highest BCUT2D eigenvalue weighted by Gasteiger charge is 1.85. The molecule has 1 heteroatoms. The van der Waals surface area contributed by atoms with E-state index in [9.17, 15) is 0 Å². The zero-order valence-corrected chi connectivity index (χ0v) is 10.1. The lowest BCUT2D eigenvalue weighted by Gasteiger charge is -1.95. The van der Waals surface area contributed by atoms with Crippen LogP contribution in [0.5, 0.6) is 0 Å². The molecule has 0 amide bonds.